The summed E-state index contributed by atoms with van der Waals surface area (Å²) < 4.78 is 15.8. The number of carbonyl (C=O) groups excluding carboxylic acids is 3. The van der Waals surface area contributed by atoms with E-state index in [1.54, 1.807) is 25.1 Å². The summed E-state index contributed by atoms with van der Waals surface area (Å²) in [4.78, 5) is 36.3. The lowest BCUT2D eigenvalue weighted by atomic mass is 9.95. The molecule has 1 atom stereocenters. The van der Waals surface area contributed by atoms with E-state index in [0.717, 1.165) is 5.56 Å². The molecule has 1 aliphatic rings. The minimum absolute atomic E-state index is 0.267. The Balaban J connectivity index is 1.70. The van der Waals surface area contributed by atoms with Crippen LogP contribution in [0.5, 0.6) is 11.5 Å². The van der Waals surface area contributed by atoms with E-state index in [1.165, 1.54) is 20.4 Å². The van der Waals surface area contributed by atoms with Crippen LogP contribution in [0.1, 0.15) is 24.1 Å². The Labute approximate surface area is 190 Å². The number of esters is 1. The van der Waals surface area contributed by atoms with Crippen molar-refractivity contribution in [1.82, 2.24) is 16.1 Å². The van der Waals surface area contributed by atoms with Gasteiger partial charge in [-0.1, -0.05) is 36.4 Å². The van der Waals surface area contributed by atoms with Gasteiger partial charge in [0.2, 0.25) is 0 Å². The van der Waals surface area contributed by atoms with Gasteiger partial charge in [0.25, 0.3) is 5.91 Å². The van der Waals surface area contributed by atoms with E-state index >= 15 is 0 Å². The zero-order valence-electron chi connectivity index (χ0n) is 18.4. The highest BCUT2D eigenvalue weighted by atomic mass is 16.5. The van der Waals surface area contributed by atoms with E-state index in [4.69, 9.17) is 14.2 Å². The third-order valence-corrected chi connectivity index (χ3v) is 4.76. The molecule has 0 aliphatic carbocycles. The van der Waals surface area contributed by atoms with Gasteiger partial charge >= 0.3 is 12.0 Å². The van der Waals surface area contributed by atoms with E-state index in [2.05, 4.69) is 21.2 Å². The molecular weight excluding hydrogens is 428 g/mol. The molecule has 1 heterocycles. The van der Waals surface area contributed by atoms with E-state index in [9.17, 15) is 14.4 Å². The average molecular weight is 452 g/mol. The van der Waals surface area contributed by atoms with E-state index < -0.39 is 23.9 Å². The quantitative estimate of drug-likeness (QED) is 0.320. The highest BCUT2D eigenvalue weighted by Crippen LogP contribution is 2.34. The summed E-state index contributed by atoms with van der Waals surface area (Å²) in [5.41, 5.74) is 4.47. The third kappa shape index (κ3) is 5.88. The molecule has 0 saturated carbocycles. The Morgan fingerprint density at radius 2 is 1.88 bits per heavy atom. The minimum Gasteiger partial charge on any atom is -0.493 e. The number of hydrogen-bond acceptors (Lipinski definition) is 7. The number of amides is 3. The lowest BCUT2D eigenvalue weighted by Crippen LogP contribution is -2.45. The van der Waals surface area contributed by atoms with Crippen LogP contribution < -0.4 is 25.5 Å². The van der Waals surface area contributed by atoms with Gasteiger partial charge in [-0.2, -0.15) is 5.10 Å². The predicted molar refractivity (Wildman–Crippen MR) is 120 cm³/mol. The number of allylic oxidation sites excluding steroid dienone is 1. The molecule has 2 aromatic rings. The van der Waals surface area contributed by atoms with Crippen molar-refractivity contribution < 1.29 is 28.6 Å². The summed E-state index contributed by atoms with van der Waals surface area (Å²) in [6.07, 6.45) is 1.52. The molecule has 0 saturated heterocycles. The Bertz CT molecular complexity index is 1100. The summed E-state index contributed by atoms with van der Waals surface area (Å²) >= 11 is 0. The fraction of sp³-hybridized carbons (Fsp3) is 0.217. The van der Waals surface area contributed by atoms with Crippen molar-refractivity contribution >= 4 is 24.1 Å². The molecule has 0 spiro atoms. The molecule has 0 bridgehead atoms. The highest BCUT2D eigenvalue weighted by Gasteiger charge is 2.32. The van der Waals surface area contributed by atoms with Gasteiger partial charge in [0.1, 0.15) is 0 Å². The van der Waals surface area contributed by atoms with E-state index in [-0.39, 0.29) is 12.2 Å². The molecule has 172 valence electrons. The monoisotopic (exact) mass is 452 g/mol. The van der Waals surface area contributed by atoms with Crippen LogP contribution >= 0.6 is 0 Å². The van der Waals surface area contributed by atoms with Crippen LogP contribution in [0.2, 0.25) is 0 Å². The number of rotatable bonds is 8. The standard InChI is InChI=1S/C23H24N4O6/c1-14-20(22(29)32-3)21(26-23(30)25-14)16-9-10-17(18(11-16)31-2)33-13-19(28)27-24-12-15-7-5-4-6-8-15/h4-12,21H,13H2,1-3H3,(H,27,28)(H2,25,26,30)/b24-12-/t21-/m1/s1. The lowest BCUT2D eigenvalue weighted by molar-refractivity contribution is -0.136. The molecule has 1 aliphatic heterocycles. The van der Waals surface area contributed by atoms with Crippen LogP contribution in [0.25, 0.3) is 0 Å². The second-order valence-corrected chi connectivity index (χ2v) is 6.96. The largest absolute Gasteiger partial charge is 0.493 e. The first-order chi connectivity index (χ1) is 15.9. The Morgan fingerprint density at radius 3 is 2.58 bits per heavy atom. The summed E-state index contributed by atoms with van der Waals surface area (Å²) in [5, 5.41) is 9.15. The van der Waals surface area contributed by atoms with Crippen molar-refractivity contribution in [3.63, 3.8) is 0 Å². The van der Waals surface area contributed by atoms with Gasteiger partial charge in [0.05, 0.1) is 32.0 Å². The van der Waals surface area contributed by atoms with E-state index in [0.29, 0.717) is 22.8 Å². The van der Waals surface area contributed by atoms with Crippen LogP contribution in [0, 0.1) is 0 Å². The third-order valence-electron chi connectivity index (χ3n) is 4.76. The average Bonchev–Trinajstić information content (AvgIpc) is 2.82. The number of urea groups is 1. The number of benzene rings is 2. The van der Waals surface area contributed by atoms with Gasteiger partial charge in [0.15, 0.2) is 18.1 Å². The smallest absolute Gasteiger partial charge is 0.337 e. The summed E-state index contributed by atoms with van der Waals surface area (Å²) in [5.74, 6) is -0.394. The number of carbonyl (C=O) groups is 3. The number of hydrogen-bond donors (Lipinski definition) is 3. The topological polar surface area (TPSA) is 127 Å². The van der Waals surface area contributed by atoms with Crippen molar-refractivity contribution in [2.24, 2.45) is 5.10 Å². The molecule has 2 aromatic carbocycles. The van der Waals surface area contributed by atoms with Crippen LogP contribution in [-0.2, 0) is 14.3 Å². The second kappa shape index (κ2) is 10.8. The molecule has 10 heteroatoms. The molecule has 10 nitrogen and oxygen atoms in total. The zero-order chi connectivity index (χ0) is 23.8. The van der Waals surface area contributed by atoms with Crippen LogP contribution in [0.15, 0.2) is 64.9 Å². The SMILES string of the molecule is COC(=O)C1=C(C)NC(=O)N[C@@H]1c1ccc(OCC(=O)N/N=C\c2ccccc2)c(OC)c1. The molecular formula is C23H24N4O6. The number of nitrogens with zero attached hydrogens (tertiary/aromatic N) is 1. The maximum absolute atomic E-state index is 12.3. The van der Waals surface area contributed by atoms with Crippen LogP contribution in [-0.4, -0.2) is 44.9 Å². The maximum Gasteiger partial charge on any atom is 0.337 e. The fourth-order valence-electron chi connectivity index (χ4n) is 3.20. The van der Waals surface area contributed by atoms with Gasteiger partial charge in [0, 0.05) is 5.70 Å². The molecule has 0 unspecified atom stereocenters. The van der Waals surface area contributed by atoms with Gasteiger partial charge in [-0.3, -0.25) is 4.79 Å². The molecule has 0 radical (unpaired) electrons. The number of ether oxygens (including phenoxy) is 3. The molecule has 3 rings (SSSR count). The lowest BCUT2D eigenvalue weighted by Gasteiger charge is -2.28. The zero-order valence-corrected chi connectivity index (χ0v) is 18.4. The first-order valence-electron chi connectivity index (χ1n) is 9.97. The maximum atomic E-state index is 12.3. The Kier molecular flexibility index (Phi) is 7.64. The summed E-state index contributed by atoms with van der Waals surface area (Å²) in [7, 11) is 2.71. The van der Waals surface area contributed by atoms with E-state index in [1.807, 2.05) is 30.3 Å². The van der Waals surface area contributed by atoms with Gasteiger partial charge in [-0.25, -0.2) is 15.0 Å². The second-order valence-electron chi connectivity index (χ2n) is 6.96. The summed E-state index contributed by atoms with van der Waals surface area (Å²) in [6.45, 7) is 1.32. The number of nitrogens with one attached hydrogen (secondary N) is 3. The Morgan fingerprint density at radius 1 is 1.12 bits per heavy atom. The van der Waals surface area contributed by atoms with Gasteiger partial charge in [-0.05, 0) is 30.2 Å². The normalized spacial score (nSPS) is 15.5. The molecule has 33 heavy (non-hydrogen) atoms. The van der Waals surface area contributed by atoms with Crippen molar-refractivity contribution in [2.45, 2.75) is 13.0 Å². The summed E-state index contributed by atoms with van der Waals surface area (Å²) in [6, 6.07) is 13.0. The molecule has 3 N–H and O–H groups in total. The number of methoxy groups -OCH3 is 2. The van der Waals surface area contributed by atoms with Crippen molar-refractivity contribution in [2.75, 3.05) is 20.8 Å². The molecule has 3 amide bonds. The predicted octanol–water partition coefficient (Wildman–Crippen LogP) is 2.03. The molecule has 0 fully saturated rings. The van der Waals surface area contributed by atoms with Crippen LogP contribution in [0.3, 0.4) is 0 Å². The number of hydrazone groups is 1. The van der Waals surface area contributed by atoms with Gasteiger partial charge < -0.3 is 24.8 Å². The van der Waals surface area contributed by atoms with Crippen molar-refractivity contribution in [1.29, 1.82) is 0 Å². The minimum atomic E-state index is -0.746. The highest BCUT2D eigenvalue weighted by molar-refractivity contribution is 5.95. The van der Waals surface area contributed by atoms with Crippen molar-refractivity contribution in [3.8, 4) is 11.5 Å². The first-order valence-corrected chi connectivity index (χ1v) is 9.97. The fourth-order valence-corrected chi connectivity index (χ4v) is 3.20. The van der Waals surface area contributed by atoms with Crippen molar-refractivity contribution in [3.05, 3.63) is 70.9 Å². The first kappa shape index (κ1) is 23.3. The molecule has 0 aromatic heterocycles. The Hall–Kier alpha value is -4.34. The van der Waals surface area contributed by atoms with Gasteiger partial charge in [-0.15, -0.1) is 0 Å². The van der Waals surface area contributed by atoms with Crippen LogP contribution in [0.4, 0.5) is 4.79 Å².